The predicted molar refractivity (Wildman–Crippen MR) is 70.1 cm³/mol. The number of halogens is 3. The van der Waals surface area contributed by atoms with Crippen molar-refractivity contribution in [1.82, 2.24) is 4.98 Å². The van der Waals surface area contributed by atoms with E-state index < -0.39 is 6.36 Å². The maximum absolute atomic E-state index is 12.1. The fourth-order valence-electron chi connectivity index (χ4n) is 1.74. The van der Waals surface area contributed by atoms with E-state index >= 15 is 0 Å². The molecule has 108 valence electrons. The van der Waals surface area contributed by atoms with Crippen LogP contribution in [0.1, 0.15) is 5.69 Å². The lowest BCUT2D eigenvalue weighted by atomic mass is 10.1. The molecule has 7 heteroatoms. The van der Waals surface area contributed by atoms with Gasteiger partial charge in [-0.1, -0.05) is 0 Å². The third-order valence-electron chi connectivity index (χ3n) is 2.61. The number of hydrogen-bond acceptors (Lipinski definition) is 4. The average molecular weight is 293 g/mol. The number of pyridine rings is 1. The van der Waals surface area contributed by atoms with Crippen molar-refractivity contribution in [2.45, 2.75) is 12.8 Å². The molecule has 1 heterocycles. The van der Waals surface area contributed by atoms with Crippen molar-refractivity contribution in [1.29, 1.82) is 5.26 Å². The van der Waals surface area contributed by atoms with Gasteiger partial charge in [0, 0.05) is 5.56 Å². The largest absolute Gasteiger partial charge is 0.573 e. The van der Waals surface area contributed by atoms with Crippen LogP contribution in [-0.2, 0) is 6.42 Å². The zero-order valence-corrected chi connectivity index (χ0v) is 10.7. The number of alkyl halides is 3. The SMILES string of the molecule is N#CCc1ccc(N)c(-c2ccc(OC(F)(F)F)cc2)n1. The van der Waals surface area contributed by atoms with Gasteiger partial charge in [0.15, 0.2) is 0 Å². The van der Waals surface area contributed by atoms with Gasteiger partial charge < -0.3 is 10.5 Å². The summed E-state index contributed by atoms with van der Waals surface area (Å²) in [6.45, 7) is 0. The third kappa shape index (κ3) is 3.86. The van der Waals surface area contributed by atoms with E-state index in [0.717, 1.165) is 0 Å². The lowest BCUT2D eigenvalue weighted by Gasteiger charge is -2.10. The zero-order chi connectivity index (χ0) is 15.5. The van der Waals surface area contributed by atoms with E-state index in [4.69, 9.17) is 11.0 Å². The molecule has 0 amide bonds. The number of nitrogen functional groups attached to an aromatic ring is 1. The monoisotopic (exact) mass is 293 g/mol. The summed E-state index contributed by atoms with van der Waals surface area (Å²) in [5.74, 6) is -0.321. The molecular weight excluding hydrogens is 283 g/mol. The summed E-state index contributed by atoms with van der Waals surface area (Å²) in [4.78, 5) is 4.23. The first kappa shape index (κ1) is 14.7. The van der Waals surface area contributed by atoms with Crippen LogP contribution in [-0.4, -0.2) is 11.3 Å². The normalized spacial score (nSPS) is 11.0. The number of nitriles is 1. The molecule has 0 saturated carbocycles. The number of rotatable bonds is 3. The van der Waals surface area contributed by atoms with Crippen LogP contribution < -0.4 is 10.5 Å². The molecule has 0 bridgehead atoms. The molecule has 0 radical (unpaired) electrons. The van der Waals surface area contributed by atoms with Gasteiger partial charge in [0.25, 0.3) is 0 Å². The Balaban J connectivity index is 2.30. The van der Waals surface area contributed by atoms with Crippen LogP contribution in [0.15, 0.2) is 36.4 Å². The molecular formula is C14H10F3N3O. The van der Waals surface area contributed by atoms with Gasteiger partial charge in [-0.2, -0.15) is 5.26 Å². The summed E-state index contributed by atoms with van der Waals surface area (Å²) in [6.07, 6.45) is -4.60. The lowest BCUT2D eigenvalue weighted by molar-refractivity contribution is -0.274. The van der Waals surface area contributed by atoms with Crippen LogP contribution in [0.4, 0.5) is 18.9 Å². The Morgan fingerprint density at radius 1 is 1.14 bits per heavy atom. The number of hydrogen-bond donors (Lipinski definition) is 1. The van der Waals surface area contributed by atoms with E-state index in [1.165, 1.54) is 24.3 Å². The Morgan fingerprint density at radius 3 is 2.38 bits per heavy atom. The highest BCUT2D eigenvalue weighted by atomic mass is 19.4. The second-order valence-electron chi connectivity index (χ2n) is 4.15. The quantitative estimate of drug-likeness (QED) is 0.942. The highest BCUT2D eigenvalue weighted by Gasteiger charge is 2.30. The Hall–Kier alpha value is -2.75. The van der Waals surface area contributed by atoms with Gasteiger partial charge >= 0.3 is 6.36 Å². The van der Waals surface area contributed by atoms with Gasteiger partial charge in [-0.25, -0.2) is 4.98 Å². The van der Waals surface area contributed by atoms with Gasteiger partial charge in [-0.15, -0.1) is 13.2 Å². The molecule has 1 aromatic carbocycles. The van der Waals surface area contributed by atoms with Crippen molar-refractivity contribution >= 4 is 5.69 Å². The molecule has 1 aromatic heterocycles. The number of nitrogens with zero attached hydrogens (tertiary/aromatic N) is 2. The first-order valence-corrected chi connectivity index (χ1v) is 5.87. The minimum Gasteiger partial charge on any atom is -0.406 e. The maximum Gasteiger partial charge on any atom is 0.573 e. The predicted octanol–water partition coefficient (Wildman–Crippen LogP) is 3.30. The van der Waals surface area contributed by atoms with Crippen molar-refractivity contribution in [3.8, 4) is 23.1 Å². The number of anilines is 1. The molecule has 0 saturated heterocycles. The number of aromatic nitrogens is 1. The summed E-state index contributed by atoms with van der Waals surface area (Å²) in [6, 6.07) is 10.4. The molecule has 0 atom stereocenters. The summed E-state index contributed by atoms with van der Waals surface area (Å²) in [5, 5.41) is 8.65. The molecule has 4 nitrogen and oxygen atoms in total. The van der Waals surface area contributed by atoms with E-state index in [0.29, 0.717) is 22.6 Å². The van der Waals surface area contributed by atoms with E-state index in [2.05, 4.69) is 9.72 Å². The van der Waals surface area contributed by atoms with Crippen LogP contribution in [0, 0.1) is 11.3 Å². The molecule has 0 aliphatic carbocycles. The Labute approximate surface area is 118 Å². The summed E-state index contributed by atoms with van der Waals surface area (Å²) in [7, 11) is 0. The average Bonchev–Trinajstić information content (AvgIpc) is 2.40. The smallest absolute Gasteiger partial charge is 0.406 e. The van der Waals surface area contributed by atoms with Gasteiger partial charge in [-0.3, -0.25) is 0 Å². The van der Waals surface area contributed by atoms with Crippen molar-refractivity contribution in [2.75, 3.05) is 5.73 Å². The van der Waals surface area contributed by atoms with Crippen LogP contribution in [0.3, 0.4) is 0 Å². The second-order valence-corrected chi connectivity index (χ2v) is 4.15. The van der Waals surface area contributed by atoms with Crippen LogP contribution in [0.5, 0.6) is 5.75 Å². The van der Waals surface area contributed by atoms with Crippen molar-refractivity contribution in [3.63, 3.8) is 0 Å². The first-order chi connectivity index (χ1) is 9.89. The molecule has 21 heavy (non-hydrogen) atoms. The molecule has 2 rings (SSSR count). The van der Waals surface area contributed by atoms with Crippen molar-refractivity contribution in [2.24, 2.45) is 0 Å². The summed E-state index contributed by atoms with van der Waals surface area (Å²) in [5.41, 5.74) is 7.68. The van der Waals surface area contributed by atoms with Gasteiger partial charge in [0.2, 0.25) is 0 Å². The van der Waals surface area contributed by atoms with E-state index in [1.54, 1.807) is 12.1 Å². The molecule has 0 aliphatic rings. The molecule has 2 aromatic rings. The van der Waals surface area contributed by atoms with Crippen molar-refractivity contribution < 1.29 is 17.9 Å². The Bertz CT molecular complexity index is 675. The third-order valence-corrected chi connectivity index (χ3v) is 2.61. The minimum atomic E-state index is -4.73. The fourth-order valence-corrected chi connectivity index (χ4v) is 1.74. The standard InChI is InChI=1S/C14H10F3N3O/c15-14(16,17)21-11-4-1-9(2-5-11)13-12(19)6-3-10(20-13)7-8-18/h1-6H,7,19H2. The van der Waals surface area contributed by atoms with Crippen molar-refractivity contribution in [3.05, 3.63) is 42.1 Å². The Morgan fingerprint density at radius 2 is 1.81 bits per heavy atom. The summed E-state index contributed by atoms with van der Waals surface area (Å²) >= 11 is 0. The highest BCUT2D eigenvalue weighted by molar-refractivity contribution is 5.72. The van der Waals surface area contributed by atoms with Gasteiger partial charge in [0.05, 0.1) is 29.6 Å². The van der Waals surface area contributed by atoms with E-state index in [1.807, 2.05) is 6.07 Å². The summed E-state index contributed by atoms with van der Waals surface area (Å²) < 4.78 is 40.0. The molecule has 0 fully saturated rings. The topological polar surface area (TPSA) is 71.9 Å². The first-order valence-electron chi connectivity index (χ1n) is 5.87. The molecule has 2 N–H and O–H groups in total. The van der Waals surface area contributed by atoms with Crippen LogP contribution in [0.2, 0.25) is 0 Å². The number of nitrogens with two attached hydrogens (primary N) is 1. The molecule has 0 aliphatic heterocycles. The second kappa shape index (κ2) is 5.71. The van der Waals surface area contributed by atoms with Gasteiger partial charge in [0.1, 0.15) is 5.75 Å². The Kier molecular flexibility index (Phi) is 3.98. The van der Waals surface area contributed by atoms with Crippen LogP contribution >= 0.6 is 0 Å². The van der Waals surface area contributed by atoms with Gasteiger partial charge in [-0.05, 0) is 36.4 Å². The lowest BCUT2D eigenvalue weighted by Crippen LogP contribution is -2.16. The fraction of sp³-hybridized carbons (Fsp3) is 0.143. The minimum absolute atomic E-state index is 0.128. The van der Waals surface area contributed by atoms with E-state index in [9.17, 15) is 13.2 Å². The number of benzene rings is 1. The molecule has 0 spiro atoms. The highest BCUT2D eigenvalue weighted by Crippen LogP contribution is 2.28. The zero-order valence-electron chi connectivity index (χ0n) is 10.7. The molecule has 0 unspecified atom stereocenters. The maximum atomic E-state index is 12.1. The van der Waals surface area contributed by atoms with Crippen LogP contribution in [0.25, 0.3) is 11.3 Å². The number of ether oxygens (including phenoxy) is 1. The van der Waals surface area contributed by atoms with E-state index in [-0.39, 0.29) is 12.2 Å².